The molecule has 7 nitrogen and oxygen atoms in total. The van der Waals surface area contributed by atoms with Crippen LogP contribution < -0.4 is 5.32 Å². The molecule has 3 heterocycles. The average molecular weight is 308 g/mol. The Balaban J connectivity index is 1.38. The zero-order chi connectivity index (χ0) is 15.4. The highest BCUT2D eigenvalue weighted by atomic mass is 16.5. The molecule has 0 aliphatic carbocycles. The third kappa shape index (κ3) is 3.98. The van der Waals surface area contributed by atoms with Gasteiger partial charge in [-0.15, -0.1) is 0 Å². The predicted octanol–water partition coefficient (Wildman–Crippen LogP) is 0.989. The Hall–Kier alpha value is -1.60. The largest absolute Gasteiger partial charge is 0.376 e. The lowest BCUT2D eigenvalue weighted by molar-refractivity contribution is 0.102. The molecule has 22 heavy (non-hydrogen) atoms. The number of nitrogens with one attached hydrogen (secondary N) is 1. The van der Waals surface area contributed by atoms with Crippen molar-refractivity contribution in [3.05, 3.63) is 17.5 Å². The summed E-state index contributed by atoms with van der Waals surface area (Å²) in [6.45, 7) is 7.31. The molecule has 0 saturated carbocycles. The first kappa shape index (κ1) is 15.3. The minimum absolute atomic E-state index is 0.0191. The highest BCUT2D eigenvalue weighted by Gasteiger charge is 2.23. The van der Waals surface area contributed by atoms with Gasteiger partial charge in [-0.3, -0.25) is 4.90 Å². The van der Waals surface area contributed by atoms with Crippen molar-refractivity contribution in [2.45, 2.75) is 32.4 Å². The Morgan fingerprint density at radius 3 is 2.86 bits per heavy atom. The molecule has 1 N–H and O–H groups in total. The van der Waals surface area contributed by atoms with Gasteiger partial charge in [0, 0.05) is 45.4 Å². The second kappa shape index (κ2) is 7.11. The molecule has 0 spiro atoms. The summed E-state index contributed by atoms with van der Waals surface area (Å²) in [4.78, 5) is 16.3. The second-order valence-corrected chi connectivity index (χ2v) is 6.02. The lowest BCUT2D eigenvalue weighted by Gasteiger charge is -2.34. The van der Waals surface area contributed by atoms with Crippen LogP contribution in [-0.4, -0.2) is 66.4 Å². The second-order valence-electron chi connectivity index (χ2n) is 6.02. The summed E-state index contributed by atoms with van der Waals surface area (Å²) >= 11 is 0. The molecule has 0 unspecified atom stereocenters. The normalized spacial score (nSPS) is 23.0. The van der Waals surface area contributed by atoms with E-state index < -0.39 is 0 Å². The Morgan fingerprint density at radius 2 is 2.23 bits per heavy atom. The third-order valence-electron chi connectivity index (χ3n) is 4.22. The SMILES string of the molecule is Cc1cc(CN2CCN(C(=O)NC[C@@H]3CCCO3)CC2)on1. The van der Waals surface area contributed by atoms with E-state index in [-0.39, 0.29) is 12.1 Å². The molecule has 0 radical (unpaired) electrons. The van der Waals surface area contributed by atoms with Gasteiger partial charge in [0.05, 0.1) is 18.3 Å². The first-order valence-electron chi connectivity index (χ1n) is 7.99. The number of aromatic nitrogens is 1. The topological polar surface area (TPSA) is 70.8 Å². The Kier molecular flexibility index (Phi) is 4.94. The van der Waals surface area contributed by atoms with Gasteiger partial charge in [-0.25, -0.2) is 4.79 Å². The molecule has 2 fully saturated rings. The van der Waals surface area contributed by atoms with Crippen molar-refractivity contribution in [1.82, 2.24) is 20.3 Å². The Bertz CT molecular complexity index is 491. The molecule has 7 heteroatoms. The molecule has 1 aromatic heterocycles. The van der Waals surface area contributed by atoms with Crippen LogP contribution in [0, 0.1) is 6.92 Å². The van der Waals surface area contributed by atoms with E-state index in [0.29, 0.717) is 6.54 Å². The number of nitrogens with zero attached hydrogens (tertiary/aromatic N) is 3. The van der Waals surface area contributed by atoms with E-state index in [1.54, 1.807) is 0 Å². The molecular formula is C15H24N4O3. The molecular weight excluding hydrogens is 284 g/mol. The van der Waals surface area contributed by atoms with Crippen molar-refractivity contribution in [3.63, 3.8) is 0 Å². The molecule has 3 rings (SSSR count). The highest BCUT2D eigenvalue weighted by Crippen LogP contribution is 2.12. The number of aryl methyl sites for hydroxylation is 1. The first-order chi connectivity index (χ1) is 10.7. The summed E-state index contributed by atoms with van der Waals surface area (Å²) in [6, 6.07) is 1.98. The summed E-state index contributed by atoms with van der Waals surface area (Å²) in [5.41, 5.74) is 0.905. The molecule has 2 amide bonds. The molecule has 2 saturated heterocycles. The van der Waals surface area contributed by atoms with Gasteiger partial charge in [0.25, 0.3) is 0 Å². The van der Waals surface area contributed by atoms with Gasteiger partial charge in [-0.05, 0) is 19.8 Å². The third-order valence-corrected chi connectivity index (χ3v) is 4.22. The quantitative estimate of drug-likeness (QED) is 0.898. The van der Waals surface area contributed by atoms with Crippen LogP contribution in [0.3, 0.4) is 0 Å². The monoisotopic (exact) mass is 308 g/mol. The zero-order valence-electron chi connectivity index (χ0n) is 13.1. The first-order valence-corrected chi connectivity index (χ1v) is 7.99. The van der Waals surface area contributed by atoms with Crippen molar-refractivity contribution >= 4 is 6.03 Å². The van der Waals surface area contributed by atoms with Gasteiger partial charge in [-0.1, -0.05) is 5.16 Å². The van der Waals surface area contributed by atoms with E-state index in [9.17, 15) is 4.79 Å². The van der Waals surface area contributed by atoms with Crippen LogP contribution in [-0.2, 0) is 11.3 Å². The van der Waals surface area contributed by atoms with Crippen LogP contribution in [0.2, 0.25) is 0 Å². The summed E-state index contributed by atoms with van der Waals surface area (Å²) in [5.74, 6) is 0.883. The fourth-order valence-corrected chi connectivity index (χ4v) is 2.94. The molecule has 2 aliphatic heterocycles. The maximum absolute atomic E-state index is 12.1. The minimum Gasteiger partial charge on any atom is -0.376 e. The molecule has 0 aromatic carbocycles. The fraction of sp³-hybridized carbons (Fsp3) is 0.733. The van der Waals surface area contributed by atoms with E-state index in [0.717, 1.165) is 63.6 Å². The van der Waals surface area contributed by atoms with Crippen molar-refractivity contribution in [2.75, 3.05) is 39.3 Å². The van der Waals surface area contributed by atoms with Gasteiger partial charge >= 0.3 is 6.03 Å². The van der Waals surface area contributed by atoms with Gasteiger partial charge in [0.15, 0.2) is 5.76 Å². The van der Waals surface area contributed by atoms with Crippen LogP contribution in [0.5, 0.6) is 0 Å². The highest BCUT2D eigenvalue weighted by molar-refractivity contribution is 5.74. The number of carbonyl (C=O) groups is 1. The van der Waals surface area contributed by atoms with Gasteiger partial charge < -0.3 is 19.5 Å². The van der Waals surface area contributed by atoms with Crippen LogP contribution in [0.25, 0.3) is 0 Å². The summed E-state index contributed by atoms with van der Waals surface area (Å²) in [7, 11) is 0. The minimum atomic E-state index is 0.0191. The number of urea groups is 1. The summed E-state index contributed by atoms with van der Waals surface area (Å²) in [5, 5.41) is 6.88. The van der Waals surface area contributed by atoms with Crippen LogP contribution in [0.1, 0.15) is 24.3 Å². The Morgan fingerprint density at radius 1 is 1.41 bits per heavy atom. The number of carbonyl (C=O) groups excluding carboxylic acids is 1. The fourth-order valence-electron chi connectivity index (χ4n) is 2.94. The van der Waals surface area contributed by atoms with Crippen molar-refractivity contribution < 1.29 is 14.1 Å². The molecule has 0 bridgehead atoms. The summed E-state index contributed by atoms with van der Waals surface area (Å²) < 4.78 is 10.8. The van der Waals surface area contributed by atoms with Crippen LogP contribution in [0.15, 0.2) is 10.6 Å². The number of hydrogen-bond donors (Lipinski definition) is 1. The molecule has 1 atom stereocenters. The van der Waals surface area contributed by atoms with E-state index >= 15 is 0 Å². The van der Waals surface area contributed by atoms with Crippen molar-refractivity contribution in [3.8, 4) is 0 Å². The van der Waals surface area contributed by atoms with E-state index in [1.807, 2.05) is 17.9 Å². The van der Waals surface area contributed by atoms with Gasteiger partial charge in [0.1, 0.15) is 0 Å². The molecule has 2 aliphatic rings. The smallest absolute Gasteiger partial charge is 0.317 e. The molecule has 122 valence electrons. The maximum atomic E-state index is 12.1. The standard InChI is InChI=1S/C15H24N4O3/c1-12-9-14(22-17-12)11-18-4-6-19(7-5-18)15(20)16-10-13-3-2-8-21-13/h9,13H,2-8,10-11H2,1H3,(H,16,20)/t13-/m0/s1. The van der Waals surface area contributed by atoms with E-state index in [2.05, 4.69) is 15.4 Å². The predicted molar refractivity (Wildman–Crippen MR) is 80.5 cm³/mol. The Labute approximate surface area is 130 Å². The van der Waals surface area contributed by atoms with E-state index in [4.69, 9.17) is 9.26 Å². The number of hydrogen-bond acceptors (Lipinski definition) is 5. The maximum Gasteiger partial charge on any atom is 0.317 e. The lowest BCUT2D eigenvalue weighted by Crippen LogP contribution is -2.52. The lowest BCUT2D eigenvalue weighted by atomic mass is 10.2. The van der Waals surface area contributed by atoms with Gasteiger partial charge in [0.2, 0.25) is 0 Å². The number of amides is 2. The van der Waals surface area contributed by atoms with Crippen molar-refractivity contribution in [1.29, 1.82) is 0 Å². The number of ether oxygens (including phenoxy) is 1. The van der Waals surface area contributed by atoms with Crippen molar-refractivity contribution in [2.24, 2.45) is 0 Å². The number of piperazine rings is 1. The van der Waals surface area contributed by atoms with E-state index in [1.165, 1.54) is 0 Å². The van der Waals surface area contributed by atoms with Crippen LogP contribution >= 0.6 is 0 Å². The summed E-state index contributed by atoms with van der Waals surface area (Å²) in [6.07, 6.45) is 2.34. The van der Waals surface area contributed by atoms with Gasteiger partial charge in [-0.2, -0.15) is 0 Å². The van der Waals surface area contributed by atoms with Crippen LogP contribution in [0.4, 0.5) is 4.79 Å². The molecule has 1 aromatic rings. The zero-order valence-corrected chi connectivity index (χ0v) is 13.1. The average Bonchev–Trinajstić information content (AvgIpc) is 3.17. The number of rotatable bonds is 4.